The maximum atomic E-state index is 12.8. The number of methoxy groups -OCH3 is 1. The number of nitrogens with one attached hydrogen (secondary N) is 3. The summed E-state index contributed by atoms with van der Waals surface area (Å²) >= 11 is 0. The van der Waals surface area contributed by atoms with Gasteiger partial charge in [-0.15, -0.1) is 0 Å². The SMILES string of the molecule is COc1ccccc1NC(=NC[C@H]1CCCO1)NC(=O)c1cccc(NC(C)=O)c1. The summed E-state index contributed by atoms with van der Waals surface area (Å²) in [4.78, 5) is 28.6. The summed E-state index contributed by atoms with van der Waals surface area (Å²) in [5.74, 6) is 0.369. The lowest BCUT2D eigenvalue weighted by Crippen LogP contribution is -2.37. The molecule has 0 bridgehead atoms. The van der Waals surface area contributed by atoms with Crippen molar-refractivity contribution in [1.82, 2.24) is 5.32 Å². The second-order valence-corrected chi connectivity index (χ2v) is 6.87. The molecule has 2 aromatic carbocycles. The number of aliphatic imine (C=N–C) groups is 1. The zero-order valence-corrected chi connectivity index (χ0v) is 17.1. The number of rotatable bonds is 6. The van der Waals surface area contributed by atoms with E-state index in [9.17, 15) is 9.59 Å². The first-order chi connectivity index (χ1) is 14.5. The summed E-state index contributed by atoms with van der Waals surface area (Å²) in [5, 5.41) is 8.62. The van der Waals surface area contributed by atoms with Crippen molar-refractivity contribution >= 4 is 29.1 Å². The van der Waals surface area contributed by atoms with Gasteiger partial charge < -0.3 is 20.1 Å². The molecule has 0 radical (unpaired) electrons. The normalized spacial score (nSPS) is 16.1. The maximum absolute atomic E-state index is 12.8. The Kier molecular flexibility index (Phi) is 7.40. The molecule has 8 nitrogen and oxygen atoms in total. The van der Waals surface area contributed by atoms with Gasteiger partial charge in [-0.1, -0.05) is 18.2 Å². The van der Waals surface area contributed by atoms with Gasteiger partial charge in [0.1, 0.15) is 5.75 Å². The first kappa shape index (κ1) is 21.3. The van der Waals surface area contributed by atoms with Crippen molar-refractivity contribution < 1.29 is 19.1 Å². The molecule has 1 heterocycles. The number of amides is 2. The minimum Gasteiger partial charge on any atom is -0.495 e. The molecule has 30 heavy (non-hydrogen) atoms. The average molecular weight is 410 g/mol. The minimum atomic E-state index is -0.351. The van der Waals surface area contributed by atoms with Gasteiger partial charge in [0.15, 0.2) is 0 Å². The number of guanidine groups is 1. The van der Waals surface area contributed by atoms with Crippen LogP contribution in [0.4, 0.5) is 11.4 Å². The van der Waals surface area contributed by atoms with Crippen molar-refractivity contribution in [2.45, 2.75) is 25.9 Å². The molecule has 0 saturated carbocycles. The summed E-state index contributed by atoms with van der Waals surface area (Å²) in [6.07, 6.45) is 2.00. The van der Waals surface area contributed by atoms with Gasteiger partial charge in [-0.05, 0) is 43.2 Å². The summed E-state index contributed by atoms with van der Waals surface area (Å²) in [7, 11) is 1.58. The lowest BCUT2D eigenvalue weighted by atomic mass is 10.2. The smallest absolute Gasteiger partial charge is 0.258 e. The number of benzene rings is 2. The molecule has 2 amide bonds. The van der Waals surface area contributed by atoms with Crippen molar-refractivity contribution in [3.05, 3.63) is 54.1 Å². The fraction of sp³-hybridized carbons (Fsp3) is 0.318. The fourth-order valence-electron chi connectivity index (χ4n) is 3.09. The van der Waals surface area contributed by atoms with Gasteiger partial charge in [0.05, 0.1) is 25.4 Å². The molecule has 3 N–H and O–H groups in total. The summed E-state index contributed by atoms with van der Waals surface area (Å²) < 4.78 is 11.0. The number of carbonyl (C=O) groups is 2. The van der Waals surface area contributed by atoms with E-state index >= 15 is 0 Å². The lowest BCUT2D eigenvalue weighted by Gasteiger charge is -2.15. The third-order valence-electron chi connectivity index (χ3n) is 4.51. The predicted octanol–water partition coefficient (Wildman–Crippen LogP) is 3.03. The number of nitrogens with zero attached hydrogens (tertiary/aromatic N) is 1. The number of ether oxygens (including phenoxy) is 2. The first-order valence-corrected chi connectivity index (χ1v) is 9.80. The van der Waals surface area contributed by atoms with Crippen molar-refractivity contribution in [3.8, 4) is 5.75 Å². The van der Waals surface area contributed by atoms with Crippen LogP contribution in [0.5, 0.6) is 5.75 Å². The summed E-state index contributed by atoms with van der Waals surface area (Å²) in [6, 6.07) is 14.1. The third-order valence-corrected chi connectivity index (χ3v) is 4.51. The standard InChI is InChI=1S/C22H26N4O4/c1-15(27)24-17-8-5-7-16(13-17)21(28)26-22(23-14-18-9-6-12-30-18)25-19-10-3-4-11-20(19)29-2/h3-5,7-8,10-11,13,18H,6,9,12,14H2,1-2H3,(H,24,27)(H2,23,25,26,28)/t18-/m1/s1. The Bertz CT molecular complexity index is 923. The van der Waals surface area contributed by atoms with E-state index in [-0.39, 0.29) is 17.9 Å². The van der Waals surface area contributed by atoms with Crippen LogP contribution in [0.25, 0.3) is 0 Å². The molecule has 1 saturated heterocycles. The zero-order chi connectivity index (χ0) is 21.3. The van der Waals surface area contributed by atoms with Crippen LogP contribution in [0.15, 0.2) is 53.5 Å². The number of hydrogen-bond acceptors (Lipinski definition) is 5. The van der Waals surface area contributed by atoms with Gasteiger partial charge in [0.2, 0.25) is 11.9 Å². The van der Waals surface area contributed by atoms with E-state index in [1.54, 1.807) is 31.4 Å². The summed E-state index contributed by atoms with van der Waals surface area (Å²) in [5.41, 5.74) is 1.62. The highest BCUT2D eigenvalue weighted by Gasteiger charge is 2.17. The molecular formula is C22H26N4O4. The Morgan fingerprint density at radius 3 is 2.73 bits per heavy atom. The maximum Gasteiger partial charge on any atom is 0.258 e. The van der Waals surface area contributed by atoms with Crippen LogP contribution in [-0.2, 0) is 9.53 Å². The molecule has 1 fully saturated rings. The van der Waals surface area contributed by atoms with Crippen LogP contribution < -0.4 is 20.7 Å². The van der Waals surface area contributed by atoms with Crippen molar-refractivity contribution in [2.24, 2.45) is 4.99 Å². The highest BCUT2D eigenvalue weighted by atomic mass is 16.5. The van der Waals surface area contributed by atoms with E-state index in [1.165, 1.54) is 6.92 Å². The highest BCUT2D eigenvalue weighted by Crippen LogP contribution is 2.23. The Balaban J connectivity index is 1.78. The van der Waals surface area contributed by atoms with Crippen LogP contribution in [0.1, 0.15) is 30.1 Å². The van der Waals surface area contributed by atoms with Crippen molar-refractivity contribution in [2.75, 3.05) is 30.9 Å². The topological polar surface area (TPSA) is 101 Å². The molecule has 158 valence electrons. The Morgan fingerprint density at radius 1 is 1.17 bits per heavy atom. The molecule has 3 rings (SSSR count). The van der Waals surface area contributed by atoms with E-state index in [0.29, 0.717) is 35.2 Å². The molecule has 2 aromatic rings. The van der Waals surface area contributed by atoms with E-state index in [1.807, 2.05) is 24.3 Å². The summed E-state index contributed by atoms with van der Waals surface area (Å²) in [6.45, 7) is 2.58. The van der Waals surface area contributed by atoms with Crippen LogP contribution in [0.3, 0.4) is 0 Å². The van der Waals surface area contributed by atoms with Gasteiger partial charge in [0, 0.05) is 24.8 Å². The van der Waals surface area contributed by atoms with E-state index in [0.717, 1.165) is 19.4 Å². The molecule has 8 heteroatoms. The molecule has 0 spiro atoms. The molecule has 0 aliphatic carbocycles. The molecular weight excluding hydrogens is 384 g/mol. The molecule has 0 unspecified atom stereocenters. The Hall–Kier alpha value is -3.39. The van der Waals surface area contributed by atoms with Gasteiger partial charge in [0.25, 0.3) is 5.91 Å². The zero-order valence-electron chi connectivity index (χ0n) is 17.1. The number of para-hydroxylation sites is 2. The second-order valence-electron chi connectivity index (χ2n) is 6.87. The average Bonchev–Trinajstić information content (AvgIpc) is 3.26. The number of anilines is 2. The molecule has 1 aliphatic rings. The highest BCUT2D eigenvalue weighted by molar-refractivity contribution is 6.10. The molecule has 1 aliphatic heterocycles. The van der Waals surface area contributed by atoms with Gasteiger partial charge in [-0.2, -0.15) is 0 Å². The number of hydrogen-bond donors (Lipinski definition) is 3. The quantitative estimate of drug-likeness (QED) is 0.502. The van der Waals surface area contributed by atoms with Crippen molar-refractivity contribution in [3.63, 3.8) is 0 Å². The van der Waals surface area contributed by atoms with Gasteiger partial charge in [-0.3, -0.25) is 14.9 Å². The van der Waals surface area contributed by atoms with Crippen LogP contribution in [0, 0.1) is 0 Å². The van der Waals surface area contributed by atoms with Gasteiger partial charge >= 0.3 is 0 Å². The van der Waals surface area contributed by atoms with Crippen molar-refractivity contribution in [1.29, 1.82) is 0 Å². The fourth-order valence-corrected chi connectivity index (χ4v) is 3.09. The Morgan fingerprint density at radius 2 is 2.00 bits per heavy atom. The lowest BCUT2D eigenvalue weighted by molar-refractivity contribution is -0.114. The van der Waals surface area contributed by atoms with E-state index < -0.39 is 0 Å². The number of carbonyl (C=O) groups excluding carboxylic acids is 2. The molecule has 1 atom stereocenters. The second kappa shape index (κ2) is 10.4. The van der Waals surface area contributed by atoms with Gasteiger partial charge in [-0.25, -0.2) is 4.99 Å². The third kappa shape index (κ3) is 6.05. The first-order valence-electron chi connectivity index (χ1n) is 9.80. The minimum absolute atomic E-state index is 0.0412. The van der Waals surface area contributed by atoms with Crippen LogP contribution >= 0.6 is 0 Å². The van der Waals surface area contributed by atoms with E-state index in [4.69, 9.17) is 9.47 Å². The Labute approximate surface area is 175 Å². The predicted molar refractivity (Wildman–Crippen MR) is 116 cm³/mol. The molecule has 0 aromatic heterocycles. The van der Waals surface area contributed by atoms with Crippen LogP contribution in [-0.4, -0.2) is 44.1 Å². The largest absolute Gasteiger partial charge is 0.495 e. The van der Waals surface area contributed by atoms with E-state index in [2.05, 4.69) is 20.9 Å². The van der Waals surface area contributed by atoms with Crippen LogP contribution in [0.2, 0.25) is 0 Å². The monoisotopic (exact) mass is 410 g/mol.